The summed E-state index contributed by atoms with van der Waals surface area (Å²) in [7, 11) is 0. The first kappa shape index (κ1) is 16.4. The highest BCUT2D eigenvalue weighted by molar-refractivity contribution is 5.13. The van der Waals surface area contributed by atoms with Crippen molar-refractivity contribution in [1.82, 2.24) is 0 Å². The van der Waals surface area contributed by atoms with Gasteiger partial charge in [0.05, 0.1) is 26.4 Å². The lowest BCUT2D eigenvalue weighted by molar-refractivity contribution is -0.0360. The molecule has 0 saturated heterocycles. The third-order valence-corrected chi connectivity index (χ3v) is 3.97. The Morgan fingerprint density at radius 3 is 2.43 bits per heavy atom. The van der Waals surface area contributed by atoms with Crippen LogP contribution in [0, 0.1) is 0 Å². The molecule has 0 aliphatic heterocycles. The van der Waals surface area contributed by atoms with Crippen LogP contribution in [0.15, 0.2) is 30.3 Å². The Hall–Kier alpha value is -0.940. The molecule has 118 valence electrons. The van der Waals surface area contributed by atoms with E-state index in [2.05, 4.69) is 0 Å². The summed E-state index contributed by atoms with van der Waals surface area (Å²) in [6.07, 6.45) is 5.09. The molecule has 1 aromatic rings. The van der Waals surface area contributed by atoms with Crippen molar-refractivity contribution in [2.75, 3.05) is 19.8 Å². The molecule has 1 aliphatic rings. The van der Waals surface area contributed by atoms with Crippen LogP contribution in [-0.4, -0.2) is 36.6 Å². The van der Waals surface area contributed by atoms with E-state index < -0.39 is 6.10 Å². The summed E-state index contributed by atoms with van der Waals surface area (Å²) < 4.78 is 11.1. The van der Waals surface area contributed by atoms with Gasteiger partial charge in [0.25, 0.3) is 0 Å². The van der Waals surface area contributed by atoms with E-state index in [9.17, 15) is 5.11 Å². The topological polar surface area (TPSA) is 64.7 Å². The summed E-state index contributed by atoms with van der Waals surface area (Å²) in [5.41, 5.74) is 7.20. The SMILES string of the molecule is NC1(COCC(O)COCc2ccccc2)CCCCC1. The Balaban J connectivity index is 1.56. The van der Waals surface area contributed by atoms with Crippen molar-refractivity contribution in [2.45, 2.75) is 50.4 Å². The van der Waals surface area contributed by atoms with E-state index >= 15 is 0 Å². The van der Waals surface area contributed by atoms with Gasteiger partial charge in [0, 0.05) is 5.54 Å². The maximum absolute atomic E-state index is 9.85. The average molecular weight is 293 g/mol. The third-order valence-electron chi connectivity index (χ3n) is 3.97. The van der Waals surface area contributed by atoms with Crippen LogP contribution in [0.5, 0.6) is 0 Å². The summed E-state index contributed by atoms with van der Waals surface area (Å²) >= 11 is 0. The summed E-state index contributed by atoms with van der Waals surface area (Å²) in [5, 5.41) is 9.85. The van der Waals surface area contributed by atoms with Gasteiger partial charge in [-0.25, -0.2) is 0 Å². The zero-order valence-corrected chi connectivity index (χ0v) is 12.7. The van der Waals surface area contributed by atoms with Crippen LogP contribution in [0.25, 0.3) is 0 Å². The number of aliphatic hydroxyl groups excluding tert-OH is 1. The van der Waals surface area contributed by atoms with Gasteiger partial charge in [0.2, 0.25) is 0 Å². The van der Waals surface area contributed by atoms with Gasteiger partial charge in [-0.1, -0.05) is 49.6 Å². The minimum atomic E-state index is -0.596. The highest BCUT2D eigenvalue weighted by Gasteiger charge is 2.27. The first-order valence-electron chi connectivity index (χ1n) is 7.84. The smallest absolute Gasteiger partial charge is 0.101 e. The fraction of sp³-hybridized carbons (Fsp3) is 0.647. The zero-order valence-electron chi connectivity index (χ0n) is 12.7. The predicted molar refractivity (Wildman–Crippen MR) is 82.9 cm³/mol. The predicted octanol–water partition coefficient (Wildman–Crippen LogP) is 2.24. The number of aliphatic hydroxyl groups is 1. The fourth-order valence-corrected chi connectivity index (χ4v) is 2.73. The van der Waals surface area contributed by atoms with Crippen LogP contribution in [-0.2, 0) is 16.1 Å². The third kappa shape index (κ3) is 6.14. The lowest BCUT2D eigenvalue weighted by atomic mass is 9.83. The molecule has 21 heavy (non-hydrogen) atoms. The van der Waals surface area contributed by atoms with Crippen molar-refractivity contribution in [2.24, 2.45) is 5.73 Å². The molecule has 0 amide bonds. The van der Waals surface area contributed by atoms with Gasteiger partial charge in [-0.2, -0.15) is 0 Å². The summed E-state index contributed by atoms with van der Waals surface area (Å²) in [6.45, 7) is 1.61. The number of rotatable bonds is 8. The Bertz CT molecular complexity index is 390. The molecule has 2 rings (SSSR count). The van der Waals surface area contributed by atoms with Gasteiger partial charge in [-0.15, -0.1) is 0 Å². The van der Waals surface area contributed by atoms with Crippen molar-refractivity contribution < 1.29 is 14.6 Å². The highest BCUT2D eigenvalue weighted by Crippen LogP contribution is 2.25. The maximum atomic E-state index is 9.85. The fourth-order valence-electron chi connectivity index (χ4n) is 2.73. The molecule has 0 aromatic heterocycles. The maximum Gasteiger partial charge on any atom is 0.101 e. The highest BCUT2D eigenvalue weighted by atomic mass is 16.5. The second-order valence-corrected chi connectivity index (χ2v) is 6.09. The normalized spacial score (nSPS) is 19.3. The van der Waals surface area contributed by atoms with Gasteiger partial charge in [-0.3, -0.25) is 0 Å². The minimum absolute atomic E-state index is 0.192. The molecule has 4 nitrogen and oxygen atoms in total. The summed E-state index contributed by atoms with van der Waals surface area (Å²) in [5.74, 6) is 0. The number of hydrogen-bond donors (Lipinski definition) is 2. The molecule has 0 bridgehead atoms. The van der Waals surface area contributed by atoms with E-state index in [0.717, 1.165) is 18.4 Å². The van der Waals surface area contributed by atoms with Crippen molar-refractivity contribution in [3.8, 4) is 0 Å². The monoisotopic (exact) mass is 293 g/mol. The van der Waals surface area contributed by atoms with Crippen molar-refractivity contribution in [1.29, 1.82) is 0 Å². The lowest BCUT2D eigenvalue weighted by Crippen LogP contribution is -2.46. The first-order chi connectivity index (χ1) is 10.2. The quantitative estimate of drug-likeness (QED) is 0.771. The molecule has 1 saturated carbocycles. The van der Waals surface area contributed by atoms with Gasteiger partial charge < -0.3 is 20.3 Å². The molecule has 1 unspecified atom stereocenters. The van der Waals surface area contributed by atoms with Crippen molar-refractivity contribution in [3.05, 3.63) is 35.9 Å². The number of benzene rings is 1. The second-order valence-electron chi connectivity index (χ2n) is 6.09. The van der Waals surface area contributed by atoms with E-state index in [1.54, 1.807) is 0 Å². The Labute approximate surface area is 127 Å². The van der Waals surface area contributed by atoms with E-state index in [4.69, 9.17) is 15.2 Å². The van der Waals surface area contributed by atoms with E-state index in [1.165, 1.54) is 19.3 Å². The summed E-state index contributed by atoms with van der Waals surface area (Å²) in [6, 6.07) is 9.93. The van der Waals surface area contributed by atoms with Crippen LogP contribution in [0.4, 0.5) is 0 Å². The van der Waals surface area contributed by atoms with Gasteiger partial charge >= 0.3 is 0 Å². The van der Waals surface area contributed by atoms with Gasteiger partial charge in [0.15, 0.2) is 0 Å². The molecule has 0 radical (unpaired) electrons. The molecule has 3 N–H and O–H groups in total. The Kier molecular flexibility index (Phi) is 6.64. The van der Waals surface area contributed by atoms with Crippen LogP contribution < -0.4 is 5.73 Å². The van der Waals surface area contributed by atoms with Crippen LogP contribution in [0.1, 0.15) is 37.7 Å². The zero-order chi connectivity index (χ0) is 15.0. The van der Waals surface area contributed by atoms with E-state index in [1.807, 2.05) is 30.3 Å². The van der Waals surface area contributed by atoms with E-state index in [-0.39, 0.29) is 18.8 Å². The molecule has 1 fully saturated rings. The molecule has 1 aliphatic carbocycles. The second kappa shape index (κ2) is 8.49. The van der Waals surface area contributed by atoms with Gasteiger partial charge in [0.1, 0.15) is 6.10 Å². The van der Waals surface area contributed by atoms with Crippen LogP contribution in [0.3, 0.4) is 0 Å². The Morgan fingerprint density at radius 1 is 1.05 bits per heavy atom. The van der Waals surface area contributed by atoms with Crippen LogP contribution in [0.2, 0.25) is 0 Å². The molecule has 0 spiro atoms. The van der Waals surface area contributed by atoms with Gasteiger partial charge in [-0.05, 0) is 18.4 Å². The molecular weight excluding hydrogens is 266 g/mol. The molecule has 4 heteroatoms. The summed E-state index contributed by atoms with van der Waals surface area (Å²) in [4.78, 5) is 0. The van der Waals surface area contributed by atoms with E-state index in [0.29, 0.717) is 13.2 Å². The molecule has 0 heterocycles. The molecule has 1 atom stereocenters. The van der Waals surface area contributed by atoms with Crippen LogP contribution >= 0.6 is 0 Å². The molecular formula is C17H27NO3. The number of hydrogen-bond acceptors (Lipinski definition) is 4. The molecule has 1 aromatic carbocycles. The van der Waals surface area contributed by atoms with Crippen molar-refractivity contribution in [3.63, 3.8) is 0 Å². The minimum Gasteiger partial charge on any atom is -0.388 e. The van der Waals surface area contributed by atoms with Crippen molar-refractivity contribution >= 4 is 0 Å². The lowest BCUT2D eigenvalue weighted by Gasteiger charge is -2.33. The largest absolute Gasteiger partial charge is 0.388 e. The standard InChI is InChI=1S/C17H27NO3/c18-17(9-5-2-6-10-17)14-21-13-16(19)12-20-11-15-7-3-1-4-8-15/h1,3-4,7-8,16,19H,2,5-6,9-14,18H2. The number of ether oxygens (including phenoxy) is 2. The number of nitrogens with two attached hydrogens (primary N) is 1. The average Bonchev–Trinajstić information content (AvgIpc) is 2.49. The first-order valence-corrected chi connectivity index (χ1v) is 7.84. The Morgan fingerprint density at radius 2 is 1.71 bits per heavy atom.